The van der Waals surface area contributed by atoms with Crippen LogP contribution in [0.25, 0.3) is 11.3 Å². The van der Waals surface area contributed by atoms with Crippen LogP contribution in [0.5, 0.6) is 0 Å². The minimum Gasteiger partial charge on any atom is -0.337 e. The molecular weight excluding hydrogens is 366 g/mol. The highest BCUT2D eigenvalue weighted by Crippen LogP contribution is 2.23. The fraction of sp³-hybridized carbons (Fsp3) is 0.227. The van der Waals surface area contributed by atoms with Crippen molar-refractivity contribution in [3.05, 3.63) is 82.8 Å². The van der Waals surface area contributed by atoms with Gasteiger partial charge in [0.15, 0.2) is 4.80 Å². The van der Waals surface area contributed by atoms with Crippen LogP contribution in [0.15, 0.2) is 71.8 Å². The maximum absolute atomic E-state index is 4.84. The lowest BCUT2D eigenvalue weighted by Gasteiger charge is -2.11. The molecule has 0 fully saturated rings. The fourth-order valence-electron chi connectivity index (χ4n) is 3.13. The predicted molar refractivity (Wildman–Crippen MR) is 114 cm³/mol. The standard InChI is InChI=1S/C22H23N5S/c1-17-6-7-19(13-18(17)2)21-15-28-22(25-20-5-3-8-23-14-20)27(21)11-4-10-26-12-9-24-16-26/h3,5-9,12-16H,4,10-11H2,1-2H3. The van der Waals surface area contributed by atoms with Crippen molar-refractivity contribution < 1.29 is 0 Å². The first-order chi connectivity index (χ1) is 13.7. The molecule has 4 aromatic rings. The Kier molecular flexibility index (Phi) is 5.48. The zero-order valence-corrected chi connectivity index (χ0v) is 16.9. The molecule has 142 valence electrons. The fourth-order valence-corrected chi connectivity index (χ4v) is 4.08. The average Bonchev–Trinajstić information content (AvgIpc) is 3.36. The van der Waals surface area contributed by atoms with E-state index < -0.39 is 0 Å². The summed E-state index contributed by atoms with van der Waals surface area (Å²) in [6.45, 7) is 6.13. The highest BCUT2D eigenvalue weighted by molar-refractivity contribution is 7.07. The Morgan fingerprint density at radius 1 is 1.04 bits per heavy atom. The molecule has 0 amide bonds. The summed E-state index contributed by atoms with van der Waals surface area (Å²) in [5, 5.41) is 2.20. The van der Waals surface area contributed by atoms with Crippen molar-refractivity contribution in [3.8, 4) is 11.3 Å². The van der Waals surface area contributed by atoms with Gasteiger partial charge in [0, 0.05) is 37.1 Å². The zero-order chi connectivity index (χ0) is 19.3. The van der Waals surface area contributed by atoms with Crippen LogP contribution in [-0.4, -0.2) is 19.1 Å². The number of hydrogen-bond donors (Lipinski definition) is 0. The van der Waals surface area contributed by atoms with E-state index >= 15 is 0 Å². The molecule has 3 aromatic heterocycles. The third kappa shape index (κ3) is 4.12. The second-order valence-corrected chi connectivity index (χ2v) is 7.67. The molecule has 0 N–H and O–H groups in total. The summed E-state index contributed by atoms with van der Waals surface area (Å²) >= 11 is 1.67. The van der Waals surface area contributed by atoms with Crippen molar-refractivity contribution in [1.82, 2.24) is 19.1 Å². The van der Waals surface area contributed by atoms with Crippen LogP contribution >= 0.6 is 11.3 Å². The minimum absolute atomic E-state index is 0.874. The first kappa shape index (κ1) is 18.4. The highest BCUT2D eigenvalue weighted by Gasteiger charge is 2.09. The van der Waals surface area contributed by atoms with E-state index in [1.54, 1.807) is 23.7 Å². The molecule has 0 unspecified atom stereocenters. The van der Waals surface area contributed by atoms with Gasteiger partial charge in [-0.1, -0.05) is 12.1 Å². The first-order valence-corrected chi connectivity index (χ1v) is 10.2. The Morgan fingerprint density at radius 3 is 2.71 bits per heavy atom. The summed E-state index contributed by atoms with van der Waals surface area (Å²) in [5.41, 5.74) is 5.93. The molecule has 0 saturated carbocycles. The molecule has 5 nitrogen and oxygen atoms in total. The van der Waals surface area contributed by atoms with E-state index in [4.69, 9.17) is 4.99 Å². The van der Waals surface area contributed by atoms with Gasteiger partial charge >= 0.3 is 0 Å². The number of aromatic nitrogens is 4. The molecule has 28 heavy (non-hydrogen) atoms. The minimum atomic E-state index is 0.874. The second kappa shape index (κ2) is 8.35. The summed E-state index contributed by atoms with van der Waals surface area (Å²) in [5.74, 6) is 0. The number of pyridine rings is 1. The second-order valence-electron chi connectivity index (χ2n) is 6.83. The van der Waals surface area contributed by atoms with Crippen molar-refractivity contribution in [2.45, 2.75) is 33.4 Å². The normalized spacial score (nSPS) is 11.9. The van der Waals surface area contributed by atoms with Crippen LogP contribution in [0, 0.1) is 13.8 Å². The number of thiazole rings is 1. The molecule has 0 radical (unpaired) electrons. The Morgan fingerprint density at radius 2 is 1.96 bits per heavy atom. The Bertz CT molecular complexity index is 1110. The van der Waals surface area contributed by atoms with Crippen molar-refractivity contribution in [1.29, 1.82) is 0 Å². The van der Waals surface area contributed by atoms with Crippen molar-refractivity contribution in [3.63, 3.8) is 0 Å². The number of hydrogen-bond acceptors (Lipinski definition) is 4. The third-order valence-corrected chi connectivity index (χ3v) is 5.69. The molecule has 6 heteroatoms. The lowest BCUT2D eigenvalue weighted by Crippen LogP contribution is -2.17. The van der Waals surface area contributed by atoms with E-state index in [-0.39, 0.29) is 0 Å². The monoisotopic (exact) mass is 389 g/mol. The Balaban J connectivity index is 1.70. The van der Waals surface area contributed by atoms with E-state index in [9.17, 15) is 0 Å². The van der Waals surface area contributed by atoms with Gasteiger partial charge in [0.05, 0.1) is 23.9 Å². The molecule has 0 spiro atoms. The predicted octanol–water partition coefficient (Wildman–Crippen LogP) is 4.75. The SMILES string of the molecule is Cc1ccc(-c2csc(=Nc3cccnc3)n2CCCn2ccnc2)cc1C. The van der Waals surface area contributed by atoms with E-state index in [0.29, 0.717) is 0 Å². The number of imidazole rings is 1. The molecule has 1 aromatic carbocycles. The zero-order valence-electron chi connectivity index (χ0n) is 16.1. The third-order valence-electron chi connectivity index (χ3n) is 4.83. The van der Waals surface area contributed by atoms with Crippen LogP contribution < -0.4 is 4.80 Å². The first-order valence-electron chi connectivity index (χ1n) is 9.37. The van der Waals surface area contributed by atoms with E-state index in [2.05, 4.69) is 56.5 Å². The van der Waals surface area contributed by atoms with Gasteiger partial charge in [-0.25, -0.2) is 9.98 Å². The molecule has 0 aliphatic heterocycles. The average molecular weight is 390 g/mol. The molecule has 0 aliphatic carbocycles. The summed E-state index contributed by atoms with van der Waals surface area (Å²) in [6, 6.07) is 10.6. The van der Waals surface area contributed by atoms with Crippen LogP contribution in [0.4, 0.5) is 5.69 Å². The van der Waals surface area contributed by atoms with Crippen molar-refractivity contribution >= 4 is 17.0 Å². The van der Waals surface area contributed by atoms with Gasteiger partial charge in [-0.3, -0.25) is 4.98 Å². The quantitative estimate of drug-likeness (QED) is 0.478. The largest absolute Gasteiger partial charge is 0.337 e. The maximum atomic E-state index is 4.84. The summed E-state index contributed by atoms with van der Waals surface area (Å²) < 4.78 is 4.43. The Labute approximate surface area is 168 Å². The van der Waals surface area contributed by atoms with Gasteiger partial charge in [-0.15, -0.1) is 11.3 Å². The van der Waals surface area contributed by atoms with Crippen LogP contribution in [0.1, 0.15) is 17.5 Å². The van der Waals surface area contributed by atoms with E-state index in [1.807, 2.05) is 30.9 Å². The number of benzene rings is 1. The Hall–Kier alpha value is -2.99. The van der Waals surface area contributed by atoms with Crippen molar-refractivity contribution in [2.75, 3.05) is 0 Å². The summed E-state index contributed by atoms with van der Waals surface area (Å²) in [7, 11) is 0. The van der Waals surface area contributed by atoms with Gasteiger partial charge in [-0.2, -0.15) is 0 Å². The number of aryl methyl sites for hydroxylation is 3. The number of nitrogens with zero attached hydrogens (tertiary/aromatic N) is 5. The van der Waals surface area contributed by atoms with Gasteiger partial charge in [0.1, 0.15) is 0 Å². The van der Waals surface area contributed by atoms with E-state index in [1.165, 1.54) is 22.4 Å². The highest BCUT2D eigenvalue weighted by atomic mass is 32.1. The molecule has 0 saturated heterocycles. The lowest BCUT2D eigenvalue weighted by molar-refractivity contribution is 0.559. The topological polar surface area (TPSA) is 48.0 Å². The maximum Gasteiger partial charge on any atom is 0.190 e. The number of rotatable bonds is 6. The van der Waals surface area contributed by atoms with E-state index in [0.717, 1.165) is 30.0 Å². The molecule has 0 atom stereocenters. The van der Waals surface area contributed by atoms with Gasteiger partial charge < -0.3 is 9.13 Å². The summed E-state index contributed by atoms with van der Waals surface area (Å²) in [4.78, 5) is 14.1. The molecule has 0 aliphatic rings. The van der Waals surface area contributed by atoms with Gasteiger partial charge in [0.2, 0.25) is 0 Å². The van der Waals surface area contributed by atoms with Gasteiger partial charge in [0.25, 0.3) is 0 Å². The smallest absolute Gasteiger partial charge is 0.190 e. The van der Waals surface area contributed by atoms with Gasteiger partial charge in [-0.05, 0) is 55.2 Å². The molecule has 0 bridgehead atoms. The summed E-state index contributed by atoms with van der Waals surface area (Å²) in [6.07, 6.45) is 10.3. The molecule has 3 heterocycles. The molecular formula is C22H23N5S. The van der Waals surface area contributed by atoms with Crippen LogP contribution in [-0.2, 0) is 13.1 Å². The van der Waals surface area contributed by atoms with Crippen molar-refractivity contribution in [2.24, 2.45) is 4.99 Å². The molecule has 4 rings (SSSR count). The lowest BCUT2D eigenvalue weighted by atomic mass is 10.0. The van der Waals surface area contributed by atoms with Crippen LogP contribution in [0.2, 0.25) is 0 Å². The van der Waals surface area contributed by atoms with Crippen LogP contribution in [0.3, 0.4) is 0 Å².